The number of carbonyl (C=O) groups is 3. The minimum Gasteiger partial charge on any atom is -0.348 e. The normalized spacial score (nSPS) is 16.2. The van der Waals surface area contributed by atoms with Crippen molar-refractivity contribution in [3.8, 4) is 0 Å². The Kier molecular flexibility index (Phi) is 5.77. The molecule has 7 nitrogen and oxygen atoms in total. The van der Waals surface area contributed by atoms with Crippen LogP contribution >= 0.6 is 0 Å². The number of carbonyl (C=O) groups excluding carboxylic acids is 3. The number of hydrogen-bond acceptors (Lipinski definition) is 4. The van der Waals surface area contributed by atoms with E-state index in [0.717, 1.165) is 49.8 Å². The molecule has 0 unspecified atom stereocenters. The minimum absolute atomic E-state index is 0.0276. The second-order valence-electron chi connectivity index (χ2n) is 8.77. The largest absolute Gasteiger partial charge is 0.348 e. The average molecular weight is 443 g/mol. The Balaban J connectivity index is 1.23. The van der Waals surface area contributed by atoms with Crippen LogP contribution in [0.5, 0.6) is 0 Å². The summed E-state index contributed by atoms with van der Waals surface area (Å²) in [7, 11) is 0. The maximum atomic E-state index is 13.0. The molecule has 0 bridgehead atoms. The fourth-order valence-electron chi connectivity index (χ4n) is 4.71. The lowest BCUT2D eigenvalue weighted by Crippen LogP contribution is -2.40. The van der Waals surface area contributed by atoms with Crippen molar-refractivity contribution in [1.82, 2.24) is 19.8 Å². The van der Waals surface area contributed by atoms with Gasteiger partial charge in [-0.2, -0.15) is 0 Å². The van der Waals surface area contributed by atoms with Crippen LogP contribution < -0.4 is 5.32 Å². The summed E-state index contributed by atoms with van der Waals surface area (Å²) in [6.07, 6.45) is 10.4. The molecular formula is C26H26N4O3. The molecule has 2 aromatic carbocycles. The predicted molar refractivity (Wildman–Crippen MR) is 123 cm³/mol. The van der Waals surface area contributed by atoms with Crippen LogP contribution in [-0.4, -0.2) is 38.2 Å². The van der Waals surface area contributed by atoms with Crippen LogP contribution in [0.1, 0.15) is 74.3 Å². The molecule has 2 aliphatic rings. The average Bonchev–Trinajstić information content (AvgIpc) is 3.45. The first-order chi connectivity index (χ1) is 16.1. The molecule has 7 heteroatoms. The minimum atomic E-state index is -0.273. The number of imide groups is 1. The molecule has 0 saturated heterocycles. The summed E-state index contributed by atoms with van der Waals surface area (Å²) in [4.78, 5) is 44.0. The molecule has 0 atom stereocenters. The maximum Gasteiger partial charge on any atom is 0.261 e. The van der Waals surface area contributed by atoms with Crippen LogP contribution in [0.2, 0.25) is 0 Å². The molecule has 1 fully saturated rings. The lowest BCUT2D eigenvalue weighted by atomic mass is 9.94. The summed E-state index contributed by atoms with van der Waals surface area (Å²) < 4.78 is 1.99. The Labute approximate surface area is 192 Å². The first-order valence-electron chi connectivity index (χ1n) is 11.4. The third-order valence-corrected chi connectivity index (χ3v) is 6.52. The van der Waals surface area contributed by atoms with Crippen LogP contribution in [0.15, 0.2) is 61.2 Å². The van der Waals surface area contributed by atoms with Gasteiger partial charge in [0.25, 0.3) is 17.7 Å². The van der Waals surface area contributed by atoms with Gasteiger partial charge >= 0.3 is 0 Å². The van der Waals surface area contributed by atoms with Crippen LogP contribution in [0.25, 0.3) is 0 Å². The van der Waals surface area contributed by atoms with Crippen molar-refractivity contribution >= 4 is 17.7 Å². The number of nitrogens with zero attached hydrogens (tertiary/aromatic N) is 3. The van der Waals surface area contributed by atoms with E-state index in [1.54, 1.807) is 30.7 Å². The number of rotatable bonds is 6. The molecule has 3 amide bonds. The summed E-state index contributed by atoms with van der Waals surface area (Å²) in [5.74, 6) is -0.772. The van der Waals surface area contributed by atoms with Gasteiger partial charge in [-0.15, -0.1) is 0 Å². The Morgan fingerprint density at radius 3 is 2.39 bits per heavy atom. The fourth-order valence-corrected chi connectivity index (χ4v) is 4.71. The van der Waals surface area contributed by atoms with Gasteiger partial charge in [-0.1, -0.05) is 43.5 Å². The number of benzene rings is 2. The highest BCUT2D eigenvalue weighted by molar-refractivity contribution is 6.22. The second kappa shape index (κ2) is 9.02. The Morgan fingerprint density at radius 2 is 1.67 bits per heavy atom. The zero-order valence-corrected chi connectivity index (χ0v) is 18.4. The van der Waals surface area contributed by atoms with Gasteiger partial charge in [0.2, 0.25) is 0 Å². The summed E-state index contributed by atoms with van der Waals surface area (Å²) in [5, 5.41) is 2.91. The molecule has 1 aliphatic carbocycles. The highest BCUT2D eigenvalue weighted by Crippen LogP contribution is 2.31. The van der Waals surface area contributed by atoms with Gasteiger partial charge in [0.1, 0.15) is 0 Å². The standard InChI is InChI=1S/C26H26N4O3/c31-24(28-15-18-6-8-19(9-7-18)16-29-13-12-27-17-29)20-10-11-22-23(14-20)26(33)30(25(22)32)21-4-2-1-3-5-21/h6-14,17,21H,1-5,15-16H2,(H,28,31). The molecule has 5 rings (SSSR count). The molecule has 33 heavy (non-hydrogen) atoms. The summed E-state index contributed by atoms with van der Waals surface area (Å²) in [5.41, 5.74) is 3.25. The molecule has 2 heterocycles. The van der Waals surface area contributed by atoms with E-state index in [0.29, 0.717) is 23.2 Å². The van der Waals surface area contributed by atoms with E-state index in [9.17, 15) is 14.4 Å². The van der Waals surface area contributed by atoms with E-state index >= 15 is 0 Å². The van der Waals surface area contributed by atoms with Gasteiger partial charge in [0.05, 0.1) is 17.5 Å². The summed E-state index contributed by atoms with van der Waals surface area (Å²) >= 11 is 0. The number of aromatic nitrogens is 2. The van der Waals surface area contributed by atoms with Crippen molar-refractivity contribution in [3.05, 3.63) is 89.0 Å². The predicted octanol–water partition coefficient (Wildman–Crippen LogP) is 3.79. The molecule has 0 spiro atoms. The van der Waals surface area contributed by atoms with Crippen molar-refractivity contribution in [1.29, 1.82) is 0 Å². The Bertz CT molecular complexity index is 1180. The van der Waals surface area contributed by atoms with Crippen LogP contribution in [0.3, 0.4) is 0 Å². The second-order valence-corrected chi connectivity index (χ2v) is 8.77. The van der Waals surface area contributed by atoms with Crippen molar-refractivity contribution < 1.29 is 14.4 Å². The zero-order chi connectivity index (χ0) is 22.8. The lowest BCUT2D eigenvalue weighted by Gasteiger charge is -2.29. The zero-order valence-electron chi connectivity index (χ0n) is 18.4. The van der Waals surface area contributed by atoms with E-state index in [2.05, 4.69) is 10.3 Å². The van der Waals surface area contributed by atoms with E-state index in [1.807, 2.05) is 35.0 Å². The monoisotopic (exact) mass is 442 g/mol. The Morgan fingerprint density at radius 1 is 0.939 bits per heavy atom. The number of fused-ring (bicyclic) bond motifs is 1. The SMILES string of the molecule is O=C(NCc1ccc(Cn2ccnc2)cc1)c1ccc2c(c1)C(=O)N(C1CCCCC1)C2=O. The van der Waals surface area contributed by atoms with Gasteiger partial charge in [0, 0.05) is 37.1 Å². The molecule has 1 aliphatic heterocycles. The molecule has 1 aromatic heterocycles. The van der Waals surface area contributed by atoms with E-state index in [-0.39, 0.29) is 23.8 Å². The van der Waals surface area contributed by atoms with Crippen LogP contribution in [0.4, 0.5) is 0 Å². The number of imidazole rings is 1. The summed E-state index contributed by atoms with van der Waals surface area (Å²) in [6.45, 7) is 1.12. The van der Waals surface area contributed by atoms with Crippen molar-refractivity contribution in [3.63, 3.8) is 0 Å². The summed E-state index contributed by atoms with van der Waals surface area (Å²) in [6, 6.07) is 12.8. The van der Waals surface area contributed by atoms with Crippen molar-refractivity contribution in [2.24, 2.45) is 0 Å². The number of nitrogens with one attached hydrogen (secondary N) is 1. The highest BCUT2D eigenvalue weighted by atomic mass is 16.2. The molecule has 1 saturated carbocycles. The quantitative estimate of drug-likeness (QED) is 0.589. The van der Waals surface area contributed by atoms with Gasteiger partial charge in [-0.25, -0.2) is 4.98 Å². The maximum absolute atomic E-state index is 13.0. The first kappa shape index (κ1) is 21.1. The molecule has 168 valence electrons. The topological polar surface area (TPSA) is 84.3 Å². The van der Waals surface area contributed by atoms with Gasteiger partial charge < -0.3 is 9.88 Å². The third-order valence-electron chi connectivity index (χ3n) is 6.52. The van der Waals surface area contributed by atoms with Crippen molar-refractivity contribution in [2.45, 2.75) is 51.2 Å². The smallest absolute Gasteiger partial charge is 0.261 e. The molecule has 0 radical (unpaired) electrons. The molecular weight excluding hydrogens is 416 g/mol. The molecule has 1 N–H and O–H groups in total. The van der Waals surface area contributed by atoms with Gasteiger partial charge in [0.15, 0.2) is 0 Å². The highest BCUT2D eigenvalue weighted by Gasteiger charge is 2.40. The molecule has 3 aromatic rings. The lowest BCUT2D eigenvalue weighted by molar-refractivity contribution is 0.0548. The van der Waals surface area contributed by atoms with Crippen LogP contribution in [0, 0.1) is 0 Å². The van der Waals surface area contributed by atoms with E-state index in [1.165, 1.54) is 4.90 Å². The van der Waals surface area contributed by atoms with Gasteiger partial charge in [-0.3, -0.25) is 19.3 Å². The van der Waals surface area contributed by atoms with Crippen LogP contribution in [-0.2, 0) is 13.1 Å². The fraction of sp³-hybridized carbons (Fsp3) is 0.308. The number of hydrogen-bond donors (Lipinski definition) is 1. The van der Waals surface area contributed by atoms with E-state index < -0.39 is 0 Å². The first-order valence-corrected chi connectivity index (χ1v) is 11.4. The Hall–Kier alpha value is -3.74. The van der Waals surface area contributed by atoms with Crippen molar-refractivity contribution in [2.75, 3.05) is 0 Å². The number of amides is 3. The third kappa shape index (κ3) is 4.31. The van der Waals surface area contributed by atoms with E-state index in [4.69, 9.17) is 0 Å². The van der Waals surface area contributed by atoms with Gasteiger partial charge in [-0.05, 0) is 42.2 Å².